The number of halogens is 13. The summed E-state index contributed by atoms with van der Waals surface area (Å²) in [6.07, 6.45) is -12.1. The first-order valence-corrected chi connectivity index (χ1v) is 6.28. The molecule has 0 aromatic rings. The van der Waals surface area contributed by atoms with E-state index in [2.05, 4.69) is 11.3 Å². The van der Waals surface area contributed by atoms with E-state index in [9.17, 15) is 61.9 Å². The van der Waals surface area contributed by atoms with Crippen molar-refractivity contribution < 1.29 is 66.6 Å². The number of hydrogen-bond donors (Lipinski definition) is 0. The Labute approximate surface area is 141 Å². The molecule has 0 radical (unpaired) electrons. The fourth-order valence-corrected chi connectivity index (χ4v) is 1.31. The molecule has 0 aliphatic rings. The second-order valence-electron chi connectivity index (χ2n) is 5.33. The smallest absolute Gasteiger partial charge is 0.395 e. The Bertz CT molecular complexity index is 591. The van der Waals surface area contributed by atoms with Crippen LogP contribution < -0.4 is 0 Å². The third-order valence-electron chi connectivity index (χ3n) is 2.95. The van der Waals surface area contributed by atoms with Crippen LogP contribution in [0, 0.1) is 0 Å². The van der Waals surface area contributed by atoms with Crippen LogP contribution in [0.2, 0.25) is 0 Å². The molecule has 0 bridgehead atoms. The molecule has 0 N–H and O–H groups in total. The lowest BCUT2D eigenvalue weighted by atomic mass is 9.92. The minimum absolute atomic E-state index is 0.608. The average Bonchev–Trinajstić information content (AvgIpc) is 2.43. The molecule has 0 aromatic carbocycles. The van der Waals surface area contributed by atoms with Gasteiger partial charge in [0.25, 0.3) is 6.17 Å². The van der Waals surface area contributed by atoms with Crippen LogP contribution in [0.4, 0.5) is 57.1 Å². The Balaban J connectivity index is 6.17. The monoisotopic (exact) mass is 432 g/mol. The minimum atomic E-state index is -7.78. The van der Waals surface area contributed by atoms with Crippen LogP contribution in [0.25, 0.3) is 0 Å². The molecule has 0 heterocycles. The fraction of sp³-hybridized carbons (Fsp3) is 0.750. The van der Waals surface area contributed by atoms with Gasteiger partial charge in [0, 0.05) is 12.5 Å². The van der Waals surface area contributed by atoms with E-state index in [1.54, 1.807) is 0 Å². The van der Waals surface area contributed by atoms with Gasteiger partial charge in [-0.2, -0.15) is 52.7 Å². The summed E-state index contributed by atoms with van der Waals surface area (Å²) in [6, 6.07) is 0. The molecule has 1 unspecified atom stereocenters. The van der Waals surface area contributed by atoms with E-state index < -0.39 is 60.4 Å². The molecule has 0 spiro atoms. The van der Waals surface area contributed by atoms with Crippen LogP contribution in [0.15, 0.2) is 12.2 Å². The maximum Gasteiger partial charge on any atom is 0.438 e. The first-order chi connectivity index (χ1) is 11.5. The SMILES string of the molecule is C=C(C)C(=O)OC(F)(F)C(F)C(F)(F)C(F)(F)C(F)(F)C(F)(F)C(C)(F)F. The van der Waals surface area contributed by atoms with E-state index in [4.69, 9.17) is 0 Å². The molecule has 0 fully saturated rings. The van der Waals surface area contributed by atoms with Crippen molar-refractivity contribution in [1.82, 2.24) is 0 Å². The molecule has 0 saturated heterocycles. The van der Waals surface area contributed by atoms with Gasteiger partial charge in [-0.15, -0.1) is 0 Å². The van der Waals surface area contributed by atoms with Gasteiger partial charge in [-0.3, -0.25) is 0 Å². The molecular formula is C12H9F13O2. The second-order valence-corrected chi connectivity index (χ2v) is 5.33. The largest absolute Gasteiger partial charge is 0.438 e. The molecule has 0 aliphatic carbocycles. The zero-order valence-electron chi connectivity index (χ0n) is 13.0. The lowest BCUT2D eigenvalue weighted by Gasteiger charge is -2.40. The van der Waals surface area contributed by atoms with Gasteiger partial charge < -0.3 is 4.74 Å². The highest BCUT2D eigenvalue weighted by Crippen LogP contribution is 2.59. The highest BCUT2D eigenvalue weighted by Gasteiger charge is 2.88. The van der Waals surface area contributed by atoms with Gasteiger partial charge in [-0.25, -0.2) is 9.18 Å². The van der Waals surface area contributed by atoms with E-state index in [-0.39, 0.29) is 0 Å². The van der Waals surface area contributed by atoms with Crippen LogP contribution in [-0.2, 0) is 9.53 Å². The maximum atomic E-state index is 13.3. The number of esters is 1. The van der Waals surface area contributed by atoms with E-state index in [1.807, 2.05) is 0 Å². The number of carbonyl (C=O) groups is 1. The summed E-state index contributed by atoms with van der Waals surface area (Å²) in [5, 5.41) is 0. The first kappa shape index (κ1) is 25.3. The number of ether oxygens (including phenoxy) is 1. The highest BCUT2D eigenvalue weighted by atomic mass is 19.4. The predicted molar refractivity (Wildman–Crippen MR) is 61.2 cm³/mol. The number of alkyl halides is 13. The van der Waals surface area contributed by atoms with Crippen LogP contribution in [0.3, 0.4) is 0 Å². The Morgan fingerprint density at radius 2 is 1.19 bits per heavy atom. The highest BCUT2D eigenvalue weighted by molar-refractivity contribution is 5.87. The van der Waals surface area contributed by atoms with Gasteiger partial charge in [-0.1, -0.05) is 6.58 Å². The number of carbonyl (C=O) groups excluding carboxylic acids is 1. The van der Waals surface area contributed by atoms with Crippen molar-refractivity contribution in [3.05, 3.63) is 12.2 Å². The molecule has 0 rings (SSSR count). The molecule has 15 heteroatoms. The van der Waals surface area contributed by atoms with E-state index in [0.29, 0.717) is 6.92 Å². The summed E-state index contributed by atoms with van der Waals surface area (Å²) >= 11 is 0. The summed E-state index contributed by atoms with van der Waals surface area (Å²) in [5.74, 6) is -38.5. The maximum absolute atomic E-state index is 13.3. The summed E-state index contributed by atoms with van der Waals surface area (Å²) in [6.45, 7) is 2.20. The zero-order valence-corrected chi connectivity index (χ0v) is 13.0. The van der Waals surface area contributed by atoms with Gasteiger partial charge in [0.1, 0.15) is 0 Å². The zero-order chi connectivity index (χ0) is 22.4. The molecule has 0 aliphatic heterocycles. The van der Waals surface area contributed by atoms with Gasteiger partial charge in [0.2, 0.25) is 0 Å². The molecule has 0 saturated carbocycles. The van der Waals surface area contributed by atoms with Crippen molar-refractivity contribution in [2.24, 2.45) is 0 Å². The van der Waals surface area contributed by atoms with Crippen molar-refractivity contribution in [3.63, 3.8) is 0 Å². The molecule has 27 heavy (non-hydrogen) atoms. The van der Waals surface area contributed by atoms with Crippen LogP contribution in [0.5, 0.6) is 0 Å². The molecular weight excluding hydrogens is 423 g/mol. The van der Waals surface area contributed by atoms with Crippen molar-refractivity contribution in [2.45, 2.75) is 55.7 Å². The standard InChI is InChI=1S/C12H9F13O2/c1-4(2)5(26)27-9(18,19)6(13)8(16,17)11(22,23)12(24,25)10(20,21)7(3,14)15/h6H,1H2,2-3H3. The summed E-state index contributed by atoms with van der Waals surface area (Å²) in [5.41, 5.74) is -1.00. The summed E-state index contributed by atoms with van der Waals surface area (Å²) < 4.78 is 172. The lowest BCUT2D eigenvalue weighted by molar-refractivity contribution is -0.419. The van der Waals surface area contributed by atoms with Crippen molar-refractivity contribution in [1.29, 1.82) is 0 Å². The molecule has 1 atom stereocenters. The molecule has 160 valence electrons. The van der Waals surface area contributed by atoms with Crippen molar-refractivity contribution in [2.75, 3.05) is 0 Å². The predicted octanol–water partition coefficient (Wildman–Crippen LogP) is 5.23. The Morgan fingerprint density at radius 1 is 0.815 bits per heavy atom. The van der Waals surface area contributed by atoms with Crippen LogP contribution >= 0.6 is 0 Å². The van der Waals surface area contributed by atoms with Gasteiger partial charge in [0.05, 0.1) is 0 Å². The van der Waals surface area contributed by atoms with Gasteiger partial charge in [0.15, 0.2) is 0 Å². The summed E-state index contributed by atoms with van der Waals surface area (Å²) in [7, 11) is 0. The Kier molecular flexibility index (Phi) is 6.30. The number of rotatable bonds is 8. The molecule has 2 nitrogen and oxygen atoms in total. The Hall–Kier alpha value is -1.70. The lowest BCUT2D eigenvalue weighted by Crippen LogP contribution is -2.70. The van der Waals surface area contributed by atoms with E-state index in [1.165, 1.54) is 0 Å². The van der Waals surface area contributed by atoms with Crippen LogP contribution in [-0.4, -0.2) is 47.9 Å². The van der Waals surface area contributed by atoms with Gasteiger partial charge >= 0.3 is 41.7 Å². The quantitative estimate of drug-likeness (QED) is 0.298. The first-order valence-electron chi connectivity index (χ1n) is 6.28. The fourth-order valence-electron chi connectivity index (χ4n) is 1.31. The second kappa shape index (κ2) is 6.72. The third-order valence-corrected chi connectivity index (χ3v) is 2.95. The molecule has 0 amide bonds. The van der Waals surface area contributed by atoms with Gasteiger partial charge in [-0.05, 0) is 6.92 Å². The Morgan fingerprint density at radius 3 is 1.48 bits per heavy atom. The summed E-state index contributed by atoms with van der Waals surface area (Å²) in [4.78, 5) is 10.8. The normalized spacial score (nSPS) is 16.1. The number of hydrogen-bond acceptors (Lipinski definition) is 2. The van der Waals surface area contributed by atoms with Crippen molar-refractivity contribution >= 4 is 5.97 Å². The minimum Gasteiger partial charge on any atom is -0.395 e. The van der Waals surface area contributed by atoms with Crippen LogP contribution in [0.1, 0.15) is 13.8 Å². The van der Waals surface area contributed by atoms with Crippen molar-refractivity contribution in [3.8, 4) is 0 Å². The van der Waals surface area contributed by atoms with E-state index in [0.717, 1.165) is 0 Å². The topological polar surface area (TPSA) is 26.3 Å². The molecule has 0 aromatic heterocycles. The average molecular weight is 432 g/mol. The third kappa shape index (κ3) is 3.95. The van der Waals surface area contributed by atoms with E-state index >= 15 is 0 Å².